The second-order valence-electron chi connectivity index (χ2n) is 8.47. The van der Waals surface area contributed by atoms with E-state index in [0.29, 0.717) is 24.8 Å². The van der Waals surface area contributed by atoms with Crippen molar-refractivity contribution in [3.05, 3.63) is 65.2 Å². The number of hydrogen-bond acceptors (Lipinski definition) is 3. The van der Waals surface area contributed by atoms with Crippen LogP contribution >= 0.6 is 24.0 Å². The molecule has 0 atom stereocenters. The Kier molecular flexibility index (Phi) is 11.5. The van der Waals surface area contributed by atoms with Gasteiger partial charge >= 0.3 is 0 Å². The second kappa shape index (κ2) is 14.1. The van der Waals surface area contributed by atoms with Gasteiger partial charge in [-0.05, 0) is 68.0 Å². The first kappa shape index (κ1) is 27.0. The number of ether oxygens (including phenoxy) is 1. The van der Waals surface area contributed by atoms with Crippen LogP contribution in [0.25, 0.3) is 0 Å². The van der Waals surface area contributed by atoms with Gasteiger partial charge in [0.1, 0.15) is 5.75 Å². The maximum absolute atomic E-state index is 12.0. The predicted molar refractivity (Wildman–Crippen MR) is 145 cm³/mol. The van der Waals surface area contributed by atoms with Crippen LogP contribution in [0, 0.1) is 0 Å². The van der Waals surface area contributed by atoms with Gasteiger partial charge in [0.25, 0.3) is 5.91 Å². The molecule has 3 rings (SSSR count). The number of halogens is 1. The van der Waals surface area contributed by atoms with E-state index < -0.39 is 0 Å². The fourth-order valence-corrected chi connectivity index (χ4v) is 3.77. The van der Waals surface area contributed by atoms with E-state index in [2.05, 4.69) is 41.8 Å². The van der Waals surface area contributed by atoms with Gasteiger partial charge in [-0.25, -0.2) is 4.99 Å². The molecule has 0 aliphatic heterocycles. The number of benzene rings is 2. The summed E-state index contributed by atoms with van der Waals surface area (Å²) in [6.45, 7) is 4.07. The average Bonchev–Trinajstić information content (AvgIpc) is 2.82. The van der Waals surface area contributed by atoms with Crippen LogP contribution in [0.1, 0.15) is 60.5 Å². The third kappa shape index (κ3) is 8.87. The Balaban J connectivity index is 0.00000385. The van der Waals surface area contributed by atoms with Gasteiger partial charge in [-0.2, -0.15) is 0 Å². The summed E-state index contributed by atoms with van der Waals surface area (Å²) in [4.78, 5) is 18.3. The van der Waals surface area contributed by atoms with Crippen LogP contribution in [0.5, 0.6) is 5.75 Å². The van der Waals surface area contributed by atoms with E-state index in [0.717, 1.165) is 29.4 Å². The van der Waals surface area contributed by atoms with Crippen LogP contribution in [0.2, 0.25) is 0 Å². The molecular formula is C26H37IN4O2. The zero-order valence-corrected chi connectivity index (χ0v) is 22.3. The van der Waals surface area contributed by atoms with Crippen LogP contribution < -0.4 is 15.4 Å². The van der Waals surface area contributed by atoms with Gasteiger partial charge < -0.3 is 20.3 Å². The van der Waals surface area contributed by atoms with Crippen LogP contribution in [0.15, 0.2) is 53.5 Å². The van der Waals surface area contributed by atoms with Crippen LogP contribution in [0.4, 0.5) is 0 Å². The van der Waals surface area contributed by atoms with E-state index >= 15 is 0 Å². The minimum atomic E-state index is 0. The lowest BCUT2D eigenvalue weighted by Crippen LogP contribution is -2.36. The lowest BCUT2D eigenvalue weighted by Gasteiger charge is -2.23. The minimum Gasteiger partial charge on any atom is -0.490 e. The topological polar surface area (TPSA) is 66.0 Å². The summed E-state index contributed by atoms with van der Waals surface area (Å²) in [6, 6.07) is 15.9. The third-order valence-corrected chi connectivity index (χ3v) is 5.61. The van der Waals surface area contributed by atoms with E-state index in [-0.39, 0.29) is 29.9 Å². The Hall–Kier alpha value is -2.29. The van der Waals surface area contributed by atoms with Gasteiger partial charge in [0.05, 0.1) is 12.6 Å². The number of nitrogens with one attached hydrogen (secondary N) is 2. The summed E-state index contributed by atoms with van der Waals surface area (Å²) in [5.41, 5.74) is 2.93. The predicted octanol–water partition coefficient (Wildman–Crippen LogP) is 4.97. The number of carbonyl (C=O) groups is 1. The highest BCUT2D eigenvalue weighted by Crippen LogP contribution is 2.23. The van der Waals surface area contributed by atoms with Crippen LogP contribution in [0.3, 0.4) is 0 Å². The first-order chi connectivity index (χ1) is 15.5. The zero-order chi connectivity index (χ0) is 22.8. The number of amides is 1. The van der Waals surface area contributed by atoms with Gasteiger partial charge in [-0.3, -0.25) is 4.79 Å². The molecule has 2 aromatic carbocycles. The largest absolute Gasteiger partial charge is 0.490 e. The summed E-state index contributed by atoms with van der Waals surface area (Å²) in [7, 11) is 3.52. The van der Waals surface area contributed by atoms with E-state index in [9.17, 15) is 4.79 Å². The highest BCUT2D eigenvalue weighted by molar-refractivity contribution is 14.0. The molecule has 1 saturated carbocycles. The molecule has 0 bridgehead atoms. The number of guanidine groups is 1. The smallest absolute Gasteiger partial charge is 0.253 e. The number of carbonyl (C=O) groups excluding carboxylic acids is 1. The normalized spacial score (nSPS) is 14.2. The number of nitrogens with zero attached hydrogens (tertiary/aromatic N) is 2. The molecule has 1 fully saturated rings. The number of rotatable bonds is 8. The fourth-order valence-electron chi connectivity index (χ4n) is 3.77. The van der Waals surface area contributed by atoms with Crippen molar-refractivity contribution in [2.24, 2.45) is 4.99 Å². The third-order valence-electron chi connectivity index (χ3n) is 5.61. The van der Waals surface area contributed by atoms with E-state index in [1.807, 2.05) is 24.3 Å². The zero-order valence-electron chi connectivity index (χ0n) is 20.0. The van der Waals surface area contributed by atoms with Gasteiger partial charge in [0.2, 0.25) is 0 Å². The molecule has 0 aromatic heterocycles. The van der Waals surface area contributed by atoms with Crippen molar-refractivity contribution in [3.63, 3.8) is 0 Å². The maximum atomic E-state index is 12.0. The molecule has 2 N–H and O–H groups in total. The molecule has 0 radical (unpaired) electrons. The Bertz CT molecular complexity index is 876. The number of aliphatic imine (C=N–C) groups is 1. The average molecular weight is 565 g/mol. The Labute approximate surface area is 215 Å². The summed E-state index contributed by atoms with van der Waals surface area (Å²) in [6.07, 6.45) is 6.58. The summed E-state index contributed by atoms with van der Waals surface area (Å²) < 4.78 is 6.11. The molecule has 1 aliphatic carbocycles. The lowest BCUT2D eigenvalue weighted by molar-refractivity contribution is 0.0827. The summed E-state index contributed by atoms with van der Waals surface area (Å²) >= 11 is 0. The standard InChI is InChI=1S/C26H36N4O2.HI/c1-4-27-26(28-18-20-10-14-22(15-11-20)25(31)30(2)3)29-19-21-12-16-24(17-13-21)32-23-8-6-5-7-9-23;/h10-17,23H,4-9,18-19H2,1-3H3,(H2,27,28,29);1H. The molecule has 0 heterocycles. The molecule has 0 saturated heterocycles. The quantitative estimate of drug-likeness (QED) is 0.270. The first-order valence-corrected chi connectivity index (χ1v) is 11.6. The SMILES string of the molecule is CCNC(=NCc1ccc(OC2CCCCC2)cc1)NCc1ccc(C(=O)N(C)C)cc1.I. The monoisotopic (exact) mass is 564 g/mol. The molecule has 180 valence electrons. The van der Waals surface area contributed by atoms with Crippen LogP contribution in [-0.2, 0) is 13.1 Å². The summed E-state index contributed by atoms with van der Waals surface area (Å²) in [5, 5.41) is 6.65. The molecule has 6 nitrogen and oxygen atoms in total. The first-order valence-electron chi connectivity index (χ1n) is 11.6. The molecule has 1 aliphatic rings. The molecule has 0 unspecified atom stereocenters. The minimum absolute atomic E-state index is 0. The van der Waals surface area contributed by atoms with Crippen molar-refractivity contribution in [1.82, 2.24) is 15.5 Å². The highest BCUT2D eigenvalue weighted by Gasteiger charge is 2.14. The van der Waals surface area contributed by atoms with Gasteiger partial charge in [0.15, 0.2) is 5.96 Å². The summed E-state index contributed by atoms with van der Waals surface area (Å²) in [5.74, 6) is 1.73. The van der Waals surface area contributed by atoms with Gasteiger partial charge in [0, 0.05) is 32.7 Å². The maximum Gasteiger partial charge on any atom is 0.253 e. The lowest BCUT2D eigenvalue weighted by atomic mass is 9.98. The van der Waals surface area contributed by atoms with Gasteiger partial charge in [-0.15, -0.1) is 24.0 Å². The van der Waals surface area contributed by atoms with E-state index in [1.54, 1.807) is 19.0 Å². The van der Waals surface area contributed by atoms with Crippen LogP contribution in [-0.4, -0.2) is 43.5 Å². The van der Waals surface area contributed by atoms with Crippen molar-refractivity contribution in [3.8, 4) is 5.75 Å². The Morgan fingerprint density at radius 3 is 2.21 bits per heavy atom. The van der Waals surface area contributed by atoms with Crippen molar-refractivity contribution < 1.29 is 9.53 Å². The Morgan fingerprint density at radius 1 is 0.970 bits per heavy atom. The second-order valence-corrected chi connectivity index (χ2v) is 8.47. The van der Waals surface area contributed by atoms with Crippen molar-refractivity contribution in [2.45, 2.75) is 58.2 Å². The van der Waals surface area contributed by atoms with Crippen molar-refractivity contribution in [2.75, 3.05) is 20.6 Å². The molecular weight excluding hydrogens is 527 g/mol. The van der Waals surface area contributed by atoms with Gasteiger partial charge in [-0.1, -0.05) is 30.7 Å². The molecule has 0 spiro atoms. The Morgan fingerprint density at radius 2 is 1.61 bits per heavy atom. The van der Waals surface area contributed by atoms with E-state index in [4.69, 9.17) is 9.73 Å². The van der Waals surface area contributed by atoms with Crippen molar-refractivity contribution >= 4 is 35.8 Å². The van der Waals surface area contributed by atoms with E-state index in [1.165, 1.54) is 32.1 Å². The van der Waals surface area contributed by atoms with Crippen molar-refractivity contribution in [1.29, 1.82) is 0 Å². The fraction of sp³-hybridized carbons (Fsp3) is 0.462. The highest BCUT2D eigenvalue weighted by atomic mass is 127. The molecule has 2 aromatic rings. The molecule has 7 heteroatoms. The number of hydrogen-bond donors (Lipinski definition) is 2. The molecule has 33 heavy (non-hydrogen) atoms. The molecule has 1 amide bonds.